The van der Waals surface area contributed by atoms with Gasteiger partial charge in [0.1, 0.15) is 0 Å². The minimum absolute atomic E-state index is 0.136. The van der Waals surface area contributed by atoms with Crippen molar-refractivity contribution in [1.29, 1.82) is 0 Å². The maximum atomic E-state index is 11.5. The summed E-state index contributed by atoms with van der Waals surface area (Å²) in [5.41, 5.74) is 0. The highest BCUT2D eigenvalue weighted by Gasteiger charge is 2.08. The van der Waals surface area contributed by atoms with Gasteiger partial charge in [-0.3, -0.25) is 4.79 Å². The summed E-state index contributed by atoms with van der Waals surface area (Å²) in [6.07, 6.45) is 1.92. The fourth-order valence-corrected chi connectivity index (χ4v) is 2.22. The minimum Gasteiger partial charge on any atom is -0.356 e. The van der Waals surface area contributed by atoms with Crippen molar-refractivity contribution in [3.63, 3.8) is 0 Å². The van der Waals surface area contributed by atoms with Gasteiger partial charge >= 0.3 is 0 Å². The summed E-state index contributed by atoms with van der Waals surface area (Å²) in [4.78, 5) is 12.8. The van der Waals surface area contributed by atoms with E-state index in [2.05, 4.69) is 17.4 Å². The molecule has 0 radical (unpaired) electrons. The van der Waals surface area contributed by atoms with Gasteiger partial charge in [-0.1, -0.05) is 32.0 Å². The quantitative estimate of drug-likeness (QED) is 0.595. The second-order valence-corrected chi connectivity index (χ2v) is 5.28. The summed E-state index contributed by atoms with van der Waals surface area (Å²) in [5, 5.41) is 2.97. The molecule has 94 valence electrons. The van der Waals surface area contributed by atoms with Gasteiger partial charge in [0, 0.05) is 17.4 Å². The van der Waals surface area contributed by atoms with Crippen LogP contribution in [0, 0.1) is 5.92 Å². The average molecular weight is 251 g/mol. The summed E-state index contributed by atoms with van der Waals surface area (Å²) in [7, 11) is 0. The maximum Gasteiger partial charge on any atom is 0.222 e. The van der Waals surface area contributed by atoms with Crippen molar-refractivity contribution in [3.05, 3.63) is 30.3 Å². The topological polar surface area (TPSA) is 29.1 Å². The molecule has 1 aromatic carbocycles. The number of hydrogen-bond acceptors (Lipinski definition) is 2. The molecule has 2 nitrogen and oxygen atoms in total. The number of hydrogen-bond donors (Lipinski definition) is 1. The Bertz CT molecular complexity index is 326. The molecule has 0 heterocycles. The Morgan fingerprint density at radius 2 is 2.06 bits per heavy atom. The van der Waals surface area contributed by atoms with E-state index in [1.165, 1.54) is 4.90 Å². The molecule has 0 bridgehead atoms. The standard InChI is InChI=1S/C14H21NOS/c1-3-12(2)14(16)15-10-7-11-17-13-8-5-4-6-9-13/h4-6,8-9,12H,3,7,10-11H2,1-2H3,(H,15,16)/t12-/m0/s1. The van der Waals surface area contributed by atoms with E-state index in [0.29, 0.717) is 0 Å². The zero-order valence-corrected chi connectivity index (χ0v) is 11.4. The Labute approximate surface area is 108 Å². The zero-order valence-electron chi connectivity index (χ0n) is 10.6. The molecule has 0 spiro atoms. The van der Waals surface area contributed by atoms with Crippen molar-refractivity contribution in [3.8, 4) is 0 Å². The van der Waals surface area contributed by atoms with Crippen LogP contribution in [0.2, 0.25) is 0 Å². The van der Waals surface area contributed by atoms with Gasteiger partial charge in [0.25, 0.3) is 0 Å². The normalized spacial score (nSPS) is 12.1. The van der Waals surface area contributed by atoms with E-state index in [1.54, 1.807) is 0 Å². The van der Waals surface area contributed by atoms with Crippen LogP contribution in [-0.4, -0.2) is 18.2 Å². The van der Waals surface area contributed by atoms with Crippen LogP contribution in [0.5, 0.6) is 0 Å². The highest BCUT2D eigenvalue weighted by molar-refractivity contribution is 7.99. The lowest BCUT2D eigenvalue weighted by Crippen LogP contribution is -2.29. The summed E-state index contributed by atoms with van der Waals surface area (Å²) < 4.78 is 0. The number of nitrogens with one attached hydrogen (secondary N) is 1. The molecule has 0 saturated heterocycles. The number of benzene rings is 1. The second kappa shape index (κ2) is 8.18. The first-order valence-corrected chi connectivity index (χ1v) is 7.18. The van der Waals surface area contributed by atoms with Crippen LogP contribution in [-0.2, 0) is 4.79 Å². The van der Waals surface area contributed by atoms with Crippen molar-refractivity contribution >= 4 is 17.7 Å². The van der Waals surface area contributed by atoms with Crippen LogP contribution in [0.25, 0.3) is 0 Å². The number of carbonyl (C=O) groups is 1. The van der Waals surface area contributed by atoms with E-state index in [-0.39, 0.29) is 11.8 Å². The summed E-state index contributed by atoms with van der Waals surface area (Å²) in [6, 6.07) is 10.3. The van der Waals surface area contributed by atoms with Crippen LogP contribution in [0.3, 0.4) is 0 Å². The molecule has 0 aliphatic heterocycles. The van der Waals surface area contributed by atoms with Gasteiger partial charge in [-0.2, -0.15) is 0 Å². The fourth-order valence-electron chi connectivity index (χ4n) is 1.35. The van der Waals surface area contributed by atoms with Gasteiger partial charge in [-0.25, -0.2) is 0 Å². The Balaban J connectivity index is 2.07. The molecule has 3 heteroatoms. The highest BCUT2D eigenvalue weighted by atomic mass is 32.2. The predicted octanol–water partition coefficient (Wildman–Crippen LogP) is 3.33. The van der Waals surface area contributed by atoms with E-state index < -0.39 is 0 Å². The zero-order chi connectivity index (χ0) is 12.5. The highest BCUT2D eigenvalue weighted by Crippen LogP contribution is 2.17. The lowest BCUT2D eigenvalue weighted by molar-refractivity contribution is -0.124. The molecule has 0 unspecified atom stereocenters. The number of rotatable bonds is 7. The molecule has 1 aromatic rings. The third kappa shape index (κ3) is 5.78. The molecule has 17 heavy (non-hydrogen) atoms. The SMILES string of the molecule is CC[C@H](C)C(=O)NCCCSc1ccccc1. The molecule has 1 atom stereocenters. The molecule has 1 N–H and O–H groups in total. The van der Waals surface area contributed by atoms with Crippen LogP contribution >= 0.6 is 11.8 Å². The molecular formula is C14H21NOS. The Morgan fingerprint density at radius 3 is 2.71 bits per heavy atom. The average Bonchev–Trinajstić information content (AvgIpc) is 2.38. The van der Waals surface area contributed by atoms with Gasteiger partial charge in [-0.05, 0) is 30.7 Å². The summed E-state index contributed by atoms with van der Waals surface area (Å²) in [6.45, 7) is 4.78. The van der Waals surface area contributed by atoms with Crippen molar-refractivity contribution in [1.82, 2.24) is 5.32 Å². The van der Waals surface area contributed by atoms with Crippen molar-refractivity contribution in [2.45, 2.75) is 31.6 Å². The van der Waals surface area contributed by atoms with Gasteiger partial charge in [0.2, 0.25) is 5.91 Å². The van der Waals surface area contributed by atoms with Crippen LogP contribution < -0.4 is 5.32 Å². The summed E-state index contributed by atoms with van der Waals surface area (Å²) >= 11 is 1.83. The number of thioether (sulfide) groups is 1. The molecule has 0 saturated carbocycles. The van der Waals surface area contributed by atoms with Crippen molar-refractivity contribution in [2.24, 2.45) is 5.92 Å². The molecular weight excluding hydrogens is 230 g/mol. The largest absolute Gasteiger partial charge is 0.356 e. The molecule has 1 amide bonds. The smallest absolute Gasteiger partial charge is 0.222 e. The Hall–Kier alpha value is -0.960. The van der Waals surface area contributed by atoms with Gasteiger partial charge in [0.15, 0.2) is 0 Å². The minimum atomic E-state index is 0.136. The lowest BCUT2D eigenvalue weighted by atomic mass is 10.1. The lowest BCUT2D eigenvalue weighted by Gasteiger charge is -2.09. The van der Waals surface area contributed by atoms with Gasteiger partial charge in [0.05, 0.1) is 0 Å². The van der Waals surface area contributed by atoms with Crippen LogP contribution in [0.1, 0.15) is 26.7 Å². The van der Waals surface area contributed by atoms with E-state index in [0.717, 1.165) is 25.1 Å². The molecule has 0 aliphatic carbocycles. The first kappa shape index (κ1) is 14.1. The van der Waals surface area contributed by atoms with Crippen LogP contribution in [0.4, 0.5) is 0 Å². The molecule has 1 rings (SSSR count). The third-order valence-corrected chi connectivity index (χ3v) is 3.79. The third-order valence-electron chi connectivity index (χ3n) is 2.69. The van der Waals surface area contributed by atoms with E-state index in [1.807, 2.05) is 43.8 Å². The Morgan fingerprint density at radius 1 is 1.35 bits per heavy atom. The molecule has 0 aromatic heterocycles. The number of carbonyl (C=O) groups excluding carboxylic acids is 1. The van der Waals surface area contributed by atoms with Gasteiger partial charge in [-0.15, -0.1) is 11.8 Å². The van der Waals surface area contributed by atoms with Gasteiger partial charge < -0.3 is 5.32 Å². The van der Waals surface area contributed by atoms with E-state index in [9.17, 15) is 4.79 Å². The first-order chi connectivity index (χ1) is 8.24. The summed E-state index contributed by atoms with van der Waals surface area (Å²) in [5.74, 6) is 1.36. The van der Waals surface area contributed by atoms with Crippen molar-refractivity contribution < 1.29 is 4.79 Å². The molecule has 0 aliphatic rings. The monoisotopic (exact) mass is 251 g/mol. The maximum absolute atomic E-state index is 11.5. The second-order valence-electron chi connectivity index (χ2n) is 4.12. The first-order valence-electron chi connectivity index (χ1n) is 6.19. The Kier molecular flexibility index (Phi) is 6.78. The fraction of sp³-hybridized carbons (Fsp3) is 0.500. The van der Waals surface area contributed by atoms with Crippen molar-refractivity contribution in [2.75, 3.05) is 12.3 Å². The predicted molar refractivity (Wildman–Crippen MR) is 74.2 cm³/mol. The number of amides is 1. The molecule has 0 fully saturated rings. The van der Waals surface area contributed by atoms with E-state index in [4.69, 9.17) is 0 Å². The van der Waals surface area contributed by atoms with Crippen LogP contribution in [0.15, 0.2) is 35.2 Å². The van der Waals surface area contributed by atoms with E-state index >= 15 is 0 Å².